The van der Waals surface area contributed by atoms with Gasteiger partial charge in [-0.3, -0.25) is 4.90 Å². The lowest BCUT2D eigenvalue weighted by atomic mass is 9.98. The van der Waals surface area contributed by atoms with Crippen molar-refractivity contribution in [1.29, 1.82) is 0 Å². The molecule has 112 valence electrons. The van der Waals surface area contributed by atoms with Crippen LogP contribution in [0.2, 0.25) is 0 Å². The van der Waals surface area contributed by atoms with Crippen molar-refractivity contribution in [2.24, 2.45) is 5.73 Å². The number of benzene rings is 1. The van der Waals surface area contributed by atoms with Gasteiger partial charge in [-0.15, -0.1) is 0 Å². The number of nitrogens with zero attached hydrogens (tertiary/aromatic N) is 1. The number of nitrogens with two attached hydrogens (primary N) is 1. The lowest BCUT2D eigenvalue weighted by Crippen LogP contribution is -2.37. The SMILES string of the molecule is CC1CN(C(CN)c2ccc(C(C)C)cc2)CCCO1. The highest BCUT2D eigenvalue weighted by Crippen LogP contribution is 2.24. The van der Waals surface area contributed by atoms with E-state index < -0.39 is 0 Å². The lowest BCUT2D eigenvalue weighted by molar-refractivity contribution is 0.0612. The molecule has 0 bridgehead atoms. The molecule has 1 saturated heterocycles. The van der Waals surface area contributed by atoms with E-state index in [2.05, 4.69) is 49.9 Å². The summed E-state index contributed by atoms with van der Waals surface area (Å²) in [7, 11) is 0. The fourth-order valence-corrected chi connectivity index (χ4v) is 2.91. The average Bonchev–Trinajstić information content (AvgIpc) is 2.65. The molecule has 0 spiro atoms. The maximum absolute atomic E-state index is 6.05. The van der Waals surface area contributed by atoms with Crippen LogP contribution in [0, 0.1) is 0 Å². The second-order valence-corrected chi connectivity index (χ2v) is 6.10. The van der Waals surface area contributed by atoms with Crippen molar-refractivity contribution in [3.8, 4) is 0 Å². The molecule has 0 saturated carbocycles. The summed E-state index contributed by atoms with van der Waals surface area (Å²) in [5, 5.41) is 0. The summed E-state index contributed by atoms with van der Waals surface area (Å²) < 4.78 is 5.73. The molecule has 1 aliphatic rings. The van der Waals surface area contributed by atoms with Gasteiger partial charge in [0.25, 0.3) is 0 Å². The van der Waals surface area contributed by atoms with Crippen LogP contribution >= 0.6 is 0 Å². The third-order valence-electron chi connectivity index (χ3n) is 4.14. The molecule has 3 nitrogen and oxygen atoms in total. The van der Waals surface area contributed by atoms with Gasteiger partial charge in [0, 0.05) is 32.3 Å². The van der Waals surface area contributed by atoms with Gasteiger partial charge in [-0.1, -0.05) is 38.1 Å². The maximum Gasteiger partial charge on any atom is 0.0674 e. The van der Waals surface area contributed by atoms with Crippen molar-refractivity contribution in [3.05, 3.63) is 35.4 Å². The normalized spacial score (nSPS) is 22.8. The maximum atomic E-state index is 6.05. The molecule has 2 unspecified atom stereocenters. The highest BCUT2D eigenvalue weighted by molar-refractivity contribution is 5.27. The van der Waals surface area contributed by atoms with Crippen LogP contribution in [0.4, 0.5) is 0 Å². The van der Waals surface area contributed by atoms with Crippen molar-refractivity contribution in [2.75, 3.05) is 26.2 Å². The first-order chi connectivity index (χ1) is 9.61. The highest BCUT2D eigenvalue weighted by Gasteiger charge is 2.23. The molecule has 3 heteroatoms. The van der Waals surface area contributed by atoms with E-state index in [4.69, 9.17) is 10.5 Å². The number of hydrogen-bond donors (Lipinski definition) is 1. The highest BCUT2D eigenvalue weighted by atomic mass is 16.5. The molecule has 1 heterocycles. The molecule has 2 N–H and O–H groups in total. The molecule has 20 heavy (non-hydrogen) atoms. The molecule has 0 amide bonds. The monoisotopic (exact) mass is 276 g/mol. The third kappa shape index (κ3) is 3.81. The van der Waals surface area contributed by atoms with Crippen LogP contribution < -0.4 is 5.73 Å². The van der Waals surface area contributed by atoms with Crippen LogP contribution in [-0.2, 0) is 4.74 Å². The van der Waals surface area contributed by atoms with Crippen molar-refractivity contribution < 1.29 is 4.74 Å². The van der Waals surface area contributed by atoms with E-state index in [-0.39, 0.29) is 0 Å². The summed E-state index contributed by atoms with van der Waals surface area (Å²) in [5.74, 6) is 0.576. The average molecular weight is 276 g/mol. The van der Waals surface area contributed by atoms with E-state index in [1.807, 2.05) is 0 Å². The van der Waals surface area contributed by atoms with Gasteiger partial charge in [0.1, 0.15) is 0 Å². The summed E-state index contributed by atoms with van der Waals surface area (Å²) in [6, 6.07) is 9.26. The van der Waals surface area contributed by atoms with Crippen LogP contribution in [0.3, 0.4) is 0 Å². The summed E-state index contributed by atoms with van der Waals surface area (Å²) in [6.45, 7) is 10.2. The quantitative estimate of drug-likeness (QED) is 0.919. The van der Waals surface area contributed by atoms with Crippen molar-refractivity contribution in [2.45, 2.75) is 45.3 Å². The van der Waals surface area contributed by atoms with E-state index >= 15 is 0 Å². The molecule has 0 aliphatic carbocycles. The lowest BCUT2D eigenvalue weighted by Gasteiger charge is -2.31. The van der Waals surface area contributed by atoms with Gasteiger partial charge in [-0.25, -0.2) is 0 Å². The zero-order valence-corrected chi connectivity index (χ0v) is 13.0. The molecule has 1 aliphatic heterocycles. The minimum atomic E-state index is 0.293. The molecule has 1 aromatic rings. The summed E-state index contributed by atoms with van der Waals surface area (Å²) in [4.78, 5) is 2.47. The Balaban J connectivity index is 2.13. The Kier molecular flexibility index (Phi) is 5.58. The second-order valence-electron chi connectivity index (χ2n) is 6.10. The van der Waals surface area contributed by atoms with Gasteiger partial charge in [-0.05, 0) is 30.4 Å². The second kappa shape index (κ2) is 7.21. The molecule has 0 aromatic heterocycles. The number of rotatable bonds is 4. The Labute approximate surface area is 123 Å². The van der Waals surface area contributed by atoms with Crippen LogP contribution in [0.15, 0.2) is 24.3 Å². The Morgan fingerprint density at radius 1 is 1.25 bits per heavy atom. The number of ether oxygens (including phenoxy) is 1. The molecule has 1 fully saturated rings. The van der Waals surface area contributed by atoms with E-state index in [9.17, 15) is 0 Å². The van der Waals surface area contributed by atoms with Crippen LogP contribution in [0.5, 0.6) is 0 Å². The van der Waals surface area contributed by atoms with Gasteiger partial charge < -0.3 is 10.5 Å². The van der Waals surface area contributed by atoms with Crippen LogP contribution in [0.25, 0.3) is 0 Å². The van der Waals surface area contributed by atoms with Gasteiger partial charge >= 0.3 is 0 Å². The fraction of sp³-hybridized carbons (Fsp3) is 0.647. The molecular weight excluding hydrogens is 248 g/mol. The van der Waals surface area contributed by atoms with Gasteiger partial charge in [0.05, 0.1) is 6.10 Å². The third-order valence-corrected chi connectivity index (χ3v) is 4.14. The Morgan fingerprint density at radius 2 is 1.90 bits per heavy atom. The Bertz CT molecular complexity index is 402. The molecular formula is C17H28N2O. The minimum absolute atomic E-state index is 0.293. The van der Waals surface area contributed by atoms with Gasteiger partial charge in [-0.2, -0.15) is 0 Å². The van der Waals surface area contributed by atoms with Gasteiger partial charge in [0.2, 0.25) is 0 Å². The van der Waals surface area contributed by atoms with Crippen LogP contribution in [0.1, 0.15) is 50.3 Å². The molecule has 2 rings (SSSR count). The Hall–Kier alpha value is -0.900. The van der Waals surface area contributed by atoms with Crippen LogP contribution in [-0.4, -0.2) is 37.2 Å². The zero-order chi connectivity index (χ0) is 14.5. The molecule has 1 aromatic carbocycles. The molecule has 2 atom stereocenters. The topological polar surface area (TPSA) is 38.5 Å². The standard InChI is InChI=1S/C17H28N2O/c1-13(2)15-5-7-16(8-6-15)17(11-18)19-9-4-10-20-14(3)12-19/h5-8,13-14,17H,4,9-12,18H2,1-3H3. The van der Waals surface area contributed by atoms with Crippen molar-refractivity contribution in [3.63, 3.8) is 0 Å². The van der Waals surface area contributed by atoms with E-state index in [0.29, 0.717) is 24.6 Å². The van der Waals surface area contributed by atoms with Crippen molar-refractivity contribution in [1.82, 2.24) is 4.90 Å². The predicted molar refractivity (Wildman–Crippen MR) is 83.9 cm³/mol. The van der Waals surface area contributed by atoms with E-state index in [0.717, 1.165) is 26.1 Å². The summed E-state index contributed by atoms with van der Waals surface area (Å²) in [5.41, 5.74) is 8.76. The first-order valence-electron chi connectivity index (χ1n) is 7.77. The smallest absolute Gasteiger partial charge is 0.0674 e. The van der Waals surface area contributed by atoms with Gasteiger partial charge in [0.15, 0.2) is 0 Å². The number of hydrogen-bond acceptors (Lipinski definition) is 3. The van der Waals surface area contributed by atoms with E-state index in [1.54, 1.807) is 0 Å². The zero-order valence-electron chi connectivity index (χ0n) is 13.0. The first kappa shape index (κ1) is 15.5. The first-order valence-corrected chi connectivity index (χ1v) is 7.77. The molecule has 0 radical (unpaired) electrons. The summed E-state index contributed by atoms with van der Waals surface area (Å²) >= 11 is 0. The largest absolute Gasteiger partial charge is 0.377 e. The minimum Gasteiger partial charge on any atom is -0.377 e. The fourth-order valence-electron chi connectivity index (χ4n) is 2.91. The summed E-state index contributed by atoms with van der Waals surface area (Å²) in [6.07, 6.45) is 1.38. The van der Waals surface area contributed by atoms with E-state index in [1.165, 1.54) is 11.1 Å². The predicted octanol–water partition coefficient (Wildman–Crippen LogP) is 2.92. The Morgan fingerprint density at radius 3 is 2.50 bits per heavy atom. The van der Waals surface area contributed by atoms with Crippen molar-refractivity contribution >= 4 is 0 Å².